The third-order valence-corrected chi connectivity index (χ3v) is 1.58. The number of aliphatic imine (C=N–C) groups is 1. The molecule has 0 bridgehead atoms. The summed E-state index contributed by atoms with van der Waals surface area (Å²) in [6.07, 6.45) is 0. The molecule has 0 spiro atoms. The Bertz CT molecular complexity index is 396. The van der Waals surface area contributed by atoms with Crippen LogP contribution in [-0.4, -0.2) is 10.9 Å². The molecule has 1 aromatic carbocycles. The van der Waals surface area contributed by atoms with Gasteiger partial charge in [-0.15, -0.1) is 0 Å². The Morgan fingerprint density at radius 1 is 1.50 bits per heavy atom. The lowest BCUT2D eigenvalue weighted by Gasteiger charge is -1.99. The van der Waals surface area contributed by atoms with Crippen molar-refractivity contribution in [3.8, 4) is 0 Å². The van der Waals surface area contributed by atoms with Crippen molar-refractivity contribution < 1.29 is 4.92 Å². The minimum atomic E-state index is -0.527. The van der Waals surface area contributed by atoms with Gasteiger partial charge in [-0.2, -0.15) is 0 Å². The second-order valence-electron chi connectivity index (χ2n) is 2.79. The van der Waals surface area contributed by atoms with E-state index in [1.807, 2.05) is 0 Å². The van der Waals surface area contributed by atoms with Gasteiger partial charge < -0.3 is 11.5 Å². The van der Waals surface area contributed by atoms with E-state index in [4.69, 9.17) is 11.5 Å². The maximum absolute atomic E-state index is 10.6. The van der Waals surface area contributed by atoms with Gasteiger partial charge in [-0.1, -0.05) is 6.07 Å². The number of benzene rings is 1. The second-order valence-corrected chi connectivity index (χ2v) is 2.79. The summed E-state index contributed by atoms with van der Waals surface area (Å²) in [7, 11) is 0. The summed E-state index contributed by atoms with van der Waals surface area (Å²) in [5.74, 6) is -0.196. The third kappa shape index (κ3) is 2.19. The Balaban J connectivity index is 3.30. The van der Waals surface area contributed by atoms with Crippen LogP contribution in [0.2, 0.25) is 0 Å². The van der Waals surface area contributed by atoms with Gasteiger partial charge >= 0.3 is 0 Å². The Hall–Kier alpha value is -2.11. The number of aryl methyl sites for hydroxylation is 1. The molecular formula is C8H10N4O2. The average Bonchev–Trinajstić information content (AvgIpc) is 2.01. The number of nitrogens with zero attached hydrogens (tertiary/aromatic N) is 2. The van der Waals surface area contributed by atoms with Gasteiger partial charge in [0.25, 0.3) is 5.69 Å². The van der Waals surface area contributed by atoms with Crippen LogP contribution in [0.5, 0.6) is 0 Å². The Kier molecular flexibility index (Phi) is 2.66. The normalized spacial score (nSPS) is 9.50. The molecule has 0 aliphatic carbocycles. The Labute approximate surface area is 80.4 Å². The molecule has 1 rings (SSSR count). The van der Waals surface area contributed by atoms with Crippen molar-refractivity contribution in [3.05, 3.63) is 33.9 Å². The summed E-state index contributed by atoms with van der Waals surface area (Å²) >= 11 is 0. The molecule has 6 heteroatoms. The van der Waals surface area contributed by atoms with E-state index >= 15 is 0 Å². The lowest BCUT2D eigenvalue weighted by Crippen LogP contribution is -2.22. The first-order chi connectivity index (χ1) is 6.50. The molecule has 0 unspecified atom stereocenters. The van der Waals surface area contributed by atoms with Gasteiger partial charge in [-0.05, 0) is 18.6 Å². The summed E-state index contributed by atoms with van der Waals surface area (Å²) in [5.41, 5.74) is 11.2. The van der Waals surface area contributed by atoms with Crippen LogP contribution in [0.4, 0.5) is 11.4 Å². The van der Waals surface area contributed by atoms with Crippen LogP contribution < -0.4 is 11.5 Å². The molecule has 0 saturated carbocycles. The molecule has 0 aromatic heterocycles. The lowest BCUT2D eigenvalue weighted by atomic mass is 10.2. The summed E-state index contributed by atoms with van der Waals surface area (Å²) in [4.78, 5) is 13.7. The first kappa shape index (κ1) is 9.97. The highest BCUT2D eigenvalue weighted by Gasteiger charge is 2.12. The van der Waals surface area contributed by atoms with Gasteiger partial charge in [0.2, 0.25) is 0 Å². The number of hydrogen-bond donors (Lipinski definition) is 2. The molecule has 0 atom stereocenters. The molecule has 0 heterocycles. The molecule has 6 nitrogen and oxygen atoms in total. The van der Waals surface area contributed by atoms with Crippen molar-refractivity contribution in [2.45, 2.75) is 6.92 Å². The van der Waals surface area contributed by atoms with Gasteiger partial charge in [0.15, 0.2) is 5.96 Å². The Morgan fingerprint density at radius 2 is 2.14 bits per heavy atom. The van der Waals surface area contributed by atoms with Crippen LogP contribution in [-0.2, 0) is 0 Å². The van der Waals surface area contributed by atoms with Gasteiger partial charge in [-0.3, -0.25) is 10.1 Å². The SMILES string of the molecule is Cc1ccc([N+](=O)[O-])c(N=C(N)N)c1. The molecule has 0 saturated heterocycles. The van der Waals surface area contributed by atoms with Crippen molar-refractivity contribution in [3.63, 3.8) is 0 Å². The van der Waals surface area contributed by atoms with Gasteiger partial charge in [0.05, 0.1) is 4.92 Å². The van der Waals surface area contributed by atoms with Crippen LogP contribution in [0.3, 0.4) is 0 Å². The monoisotopic (exact) mass is 194 g/mol. The van der Waals surface area contributed by atoms with Crippen LogP contribution in [0.1, 0.15) is 5.56 Å². The molecule has 0 radical (unpaired) electrons. The van der Waals surface area contributed by atoms with E-state index in [1.54, 1.807) is 19.1 Å². The average molecular weight is 194 g/mol. The maximum atomic E-state index is 10.6. The predicted molar refractivity (Wildman–Crippen MR) is 53.3 cm³/mol. The van der Waals surface area contributed by atoms with Gasteiger partial charge in [0, 0.05) is 6.07 Å². The van der Waals surface area contributed by atoms with Crippen LogP contribution in [0.15, 0.2) is 23.2 Å². The van der Waals surface area contributed by atoms with Crippen LogP contribution in [0, 0.1) is 17.0 Å². The van der Waals surface area contributed by atoms with Crippen molar-refractivity contribution in [1.29, 1.82) is 0 Å². The van der Waals surface area contributed by atoms with Gasteiger partial charge in [-0.25, -0.2) is 4.99 Å². The molecule has 4 N–H and O–H groups in total. The molecule has 0 aliphatic rings. The van der Waals surface area contributed by atoms with E-state index in [-0.39, 0.29) is 17.3 Å². The quantitative estimate of drug-likeness (QED) is 0.314. The van der Waals surface area contributed by atoms with Gasteiger partial charge in [0.1, 0.15) is 5.69 Å². The number of nitro benzene ring substituents is 1. The fourth-order valence-electron chi connectivity index (χ4n) is 1.02. The molecule has 74 valence electrons. The smallest absolute Gasteiger partial charge is 0.294 e. The standard InChI is InChI=1S/C8H10N4O2/c1-5-2-3-7(12(13)14)6(4-5)11-8(9)10/h2-4H,1H3,(H4,9,10,11). The number of hydrogen-bond acceptors (Lipinski definition) is 3. The van der Waals surface area contributed by atoms with Crippen molar-refractivity contribution in [2.24, 2.45) is 16.5 Å². The predicted octanol–water partition coefficient (Wildman–Crippen LogP) is 0.808. The first-order valence-electron chi connectivity index (χ1n) is 3.85. The molecule has 0 amide bonds. The minimum Gasteiger partial charge on any atom is -0.370 e. The maximum Gasteiger partial charge on any atom is 0.294 e. The van der Waals surface area contributed by atoms with E-state index in [9.17, 15) is 10.1 Å². The zero-order valence-electron chi connectivity index (χ0n) is 7.60. The molecule has 0 fully saturated rings. The summed E-state index contributed by atoms with van der Waals surface area (Å²) < 4.78 is 0. The van der Waals surface area contributed by atoms with Crippen LogP contribution >= 0.6 is 0 Å². The topological polar surface area (TPSA) is 108 Å². The molecule has 0 aliphatic heterocycles. The summed E-state index contributed by atoms with van der Waals surface area (Å²) in [6.45, 7) is 1.80. The second kappa shape index (κ2) is 3.73. The van der Waals surface area contributed by atoms with E-state index < -0.39 is 4.92 Å². The highest BCUT2D eigenvalue weighted by atomic mass is 16.6. The van der Waals surface area contributed by atoms with Crippen LogP contribution in [0.25, 0.3) is 0 Å². The minimum absolute atomic E-state index is 0.107. The molecular weight excluding hydrogens is 184 g/mol. The number of rotatable bonds is 2. The Morgan fingerprint density at radius 3 is 2.64 bits per heavy atom. The fraction of sp³-hybridized carbons (Fsp3) is 0.125. The fourth-order valence-corrected chi connectivity index (χ4v) is 1.02. The van der Waals surface area contributed by atoms with E-state index in [0.717, 1.165) is 5.56 Å². The van der Waals surface area contributed by atoms with Crippen molar-refractivity contribution in [1.82, 2.24) is 0 Å². The lowest BCUT2D eigenvalue weighted by molar-refractivity contribution is -0.384. The van der Waals surface area contributed by atoms with E-state index in [2.05, 4.69) is 4.99 Å². The number of nitro groups is 1. The third-order valence-electron chi connectivity index (χ3n) is 1.58. The van der Waals surface area contributed by atoms with E-state index in [0.29, 0.717) is 0 Å². The summed E-state index contributed by atoms with van der Waals surface area (Å²) in [6, 6.07) is 4.55. The summed E-state index contributed by atoms with van der Waals surface area (Å²) in [5, 5.41) is 10.6. The molecule has 14 heavy (non-hydrogen) atoms. The highest BCUT2D eigenvalue weighted by Crippen LogP contribution is 2.27. The largest absolute Gasteiger partial charge is 0.370 e. The zero-order valence-corrected chi connectivity index (χ0v) is 7.60. The van der Waals surface area contributed by atoms with Crippen molar-refractivity contribution >= 4 is 17.3 Å². The molecule has 1 aromatic rings. The van der Waals surface area contributed by atoms with E-state index in [1.165, 1.54) is 6.07 Å². The van der Waals surface area contributed by atoms with Crippen molar-refractivity contribution in [2.75, 3.05) is 0 Å². The number of guanidine groups is 1. The highest BCUT2D eigenvalue weighted by molar-refractivity contribution is 5.81. The number of nitrogens with two attached hydrogens (primary N) is 2. The first-order valence-corrected chi connectivity index (χ1v) is 3.85. The zero-order chi connectivity index (χ0) is 10.7.